The lowest BCUT2D eigenvalue weighted by Crippen LogP contribution is -2.09. The molecule has 0 saturated heterocycles. The minimum atomic E-state index is -4.66. The van der Waals surface area contributed by atoms with Crippen molar-refractivity contribution in [3.8, 4) is 0 Å². The fourth-order valence-corrected chi connectivity index (χ4v) is 1.50. The monoisotopic (exact) mass is 307 g/mol. The summed E-state index contributed by atoms with van der Waals surface area (Å²) in [7, 11) is 0. The van der Waals surface area contributed by atoms with Gasteiger partial charge in [0.05, 0.1) is 5.56 Å². The SMILES string of the molecule is FC(F)(F)c1cccc(Nc2cc(C(F)(F)F)ncn2)c1. The van der Waals surface area contributed by atoms with Crippen LogP contribution in [0.15, 0.2) is 36.7 Å². The Kier molecular flexibility index (Phi) is 3.75. The van der Waals surface area contributed by atoms with Crippen LogP contribution in [0.1, 0.15) is 11.3 Å². The molecule has 0 aliphatic carbocycles. The van der Waals surface area contributed by atoms with Crippen LogP contribution in [0.4, 0.5) is 37.8 Å². The smallest absolute Gasteiger partial charge is 0.340 e. The standard InChI is InChI=1S/C12H7F6N3/c13-11(14,15)7-2-1-3-8(4-7)21-10-5-9(12(16,17)18)19-6-20-10/h1-6H,(H,19,20,21). The molecule has 112 valence electrons. The molecule has 1 N–H and O–H groups in total. The number of rotatable bonds is 2. The number of benzene rings is 1. The Morgan fingerprint density at radius 2 is 1.57 bits per heavy atom. The van der Waals surface area contributed by atoms with Gasteiger partial charge in [0.15, 0.2) is 0 Å². The molecule has 0 aliphatic heterocycles. The van der Waals surface area contributed by atoms with E-state index in [1.165, 1.54) is 6.07 Å². The predicted molar refractivity (Wildman–Crippen MR) is 61.8 cm³/mol. The Bertz CT molecular complexity index is 580. The minimum Gasteiger partial charge on any atom is -0.340 e. The molecule has 1 heterocycles. The van der Waals surface area contributed by atoms with Crippen molar-refractivity contribution in [1.82, 2.24) is 9.97 Å². The molecule has 0 bridgehead atoms. The van der Waals surface area contributed by atoms with E-state index >= 15 is 0 Å². The van der Waals surface area contributed by atoms with E-state index in [0.29, 0.717) is 12.4 Å². The lowest BCUT2D eigenvalue weighted by Gasteiger charge is -2.11. The van der Waals surface area contributed by atoms with E-state index in [-0.39, 0.29) is 11.5 Å². The molecule has 3 nitrogen and oxygen atoms in total. The highest BCUT2D eigenvalue weighted by molar-refractivity contribution is 5.57. The first kappa shape index (κ1) is 15.1. The molecular weight excluding hydrogens is 300 g/mol. The normalized spacial score (nSPS) is 12.3. The summed E-state index contributed by atoms with van der Waals surface area (Å²) in [4.78, 5) is 6.59. The van der Waals surface area contributed by atoms with Crippen molar-refractivity contribution < 1.29 is 26.3 Å². The van der Waals surface area contributed by atoms with E-state index in [1.54, 1.807) is 0 Å². The van der Waals surface area contributed by atoms with Crippen LogP contribution >= 0.6 is 0 Å². The second-order valence-corrected chi connectivity index (χ2v) is 3.99. The molecule has 0 amide bonds. The maximum absolute atomic E-state index is 12.5. The zero-order valence-electron chi connectivity index (χ0n) is 10.1. The maximum atomic E-state index is 12.5. The largest absolute Gasteiger partial charge is 0.433 e. The number of alkyl halides is 6. The minimum absolute atomic E-state index is 0.0309. The van der Waals surface area contributed by atoms with Gasteiger partial charge in [-0.05, 0) is 18.2 Å². The molecule has 9 heteroatoms. The van der Waals surface area contributed by atoms with E-state index in [9.17, 15) is 26.3 Å². The van der Waals surface area contributed by atoms with E-state index in [4.69, 9.17) is 0 Å². The highest BCUT2D eigenvalue weighted by Crippen LogP contribution is 2.32. The van der Waals surface area contributed by atoms with Gasteiger partial charge in [-0.2, -0.15) is 26.3 Å². The molecule has 2 aromatic rings. The molecule has 0 radical (unpaired) electrons. The van der Waals surface area contributed by atoms with Gasteiger partial charge in [0.2, 0.25) is 0 Å². The second-order valence-electron chi connectivity index (χ2n) is 3.99. The van der Waals surface area contributed by atoms with Gasteiger partial charge >= 0.3 is 12.4 Å². The van der Waals surface area contributed by atoms with Gasteiger partial charge < -0.3 is 5.32 Å². The summed E-state index contributed by atoms with van der Waals surface area (Å²) in [6.07, 6.45) is -8.52. The Morgan fingerprint density at radius 1 is 0.857 bits per heavy atom. The van der Waals surface area contributed by atoms with Crippen LogP contribution in [-0.4, -0.2) is 9.97 Å². The van der Waals surface area contributed by atoms with Crippen molar-refractivity contribution in [2.45, 2.75) is 12.4 Å². The third-order valence-corrected chi connectivity index (χ3v) is 2.42. The molecule has 1 aromatic carbocycles. The zero-order chi connectivity index (χ0) is 15.7. The van der Waals surface area contributed by atoms with Gasteiger partial charge in [-0.25, -0.2) is 9.97 Å². The summed E-state index contributed by atoms with van der Waals surface area (Å²) in [5.41, 5.74) is -2.14. The van der Waals surface area contributed by atoms with E-state index < -0.39 is 23.6 Å². The van der Waals surface area contributed by atoms with E-state index in [2.05, 4.69) is 15.3 Å². The quantitative estimate of drug-likeness (QED) is 0.843. The molecule has 0 spiro atoms. The number of nitrogens with one attached hydrogen (secondary N) is 1. The first-order valence-electron chi connectivity index (χ1n) is 5.50. The summed E-state index contributed by atoms with van der Waals surface area (Å²) in [5, 5.41) is 2.38. The van der Waals surface area contributed by atoms with Gasteiger partial charge in [-0.3, -0.25) is 0 Å². The van der Waals surface area contributed by atoms with Crippen LogP contribution in [0.2, 0.25) is 0 Å². The topological polar surface area (TPSA) is 37.8 Å². The average molecular weight is 307 g/mol. The third kappa shape index (κ3) is 3.83. The number of hydrogen-bond donors (Lipinski definition) is 1. The number of anilines is 2. The molecule has 0 fully saturated rings. The number of halogens is 6. The van der Waals surface area contributed by atoms with Crippen LogP contribution in [0, 0.1) is 0 Å². The highest BCUT2D eigenvalue weighted by atomic mass is 19.4. The summed E-state index contributed by atoms with van der Waals surface area (Å²) < 4.78 is 75.0. The average Bonchev–Trinajstić information content (AvgIpc) is 2.37. The van der Waals surface area contributed by atoms with E-state index in [1.807, 2.05) is 0 Å². The number of nitrogens with zero attached hydrogens (tertiary/aromatic N) is 2. The van der Waals surface area contributed by atoms with Crippen molar-refractivity contribution in [3.05, 3.63) is 47.9 Å². The fraction of sp³-hybridized carbons (Fsp3) is 0.167. The Labute approximate surface area is 114 Å². The zero-order valence-corrected chi connectivity index (χ0v) is 10.1. The molecule has 21 heavy (non-hydrogen) atoms. The first-order valence-corrected chi connectivity index (χ1v) is 5.50. The van der Waals surface area contributed by atoms with Crippen molar-refractivity contribution in [2.24, 2.45) is 0 Å². The van der Waals surface area contributed by atoms with Crippen molar-refractivity contribution in [2.75, 3.05) is 5.32 Å². The van der Waals surface area contributed by atoms with Crippen LogP contribution in [0.5, 0.6) is 0 Å². The van der Waals surface area contributed by atoms with Crippen LogP contribution < -0.4 is 5.32 Å². The van der Waals surface area contributed by atoms with Crippen molar-refractivity contribution in [1.29, 1.82) is 0 Å². The Balaban J connectivity index is 2.27. The van der Waals surface area contributed by atoms with Gasteiger partial charge in [0.25, 0.3) is 0 Å². The summed E-state index contributed by atoms with van der Waals surface area (Å²) >= 11 is 0. The molecular formula is C12H7F6N3. The van der Waals surface area contributed by atoms with Gasteiger partial charge in [-0.15, -0.1) is 0 Å². The van der Waals surface area contributed by atoms with Crippen molar-refractivity contribution >= 4 is 11.5 Å². The predicted octanol–water partition coefficient (Wildman–Crippen LogP) is 4.26. The summed E-state index contributed by atoms with van der Waals surface area (Å²) in [6, 6.07) is 4.66. The van der Waals surface area contributed by atoms with Crippen LogP contribution in [0.3, 0.4) is 0 Å². The Morgan fingerprint density at radius 3 is 2.19 bits per heavy atom. The number of aromatic nitrogens is 2. The maximum Gasteiger partial charge on any atom is 0.433 e. The third-order valence-electron chi connectivity index (χ3n) is 2.42. The second kappa shape index (κ2) is 5.23. The number of hydrogen-bond acceptors (Lipinski definition) is 3. The molecule has 0 atom stereocenters. The first-order chi connectivity index (χ1) is 9.66. The lowest BCUT2D eigenvalue weighted by atomic mass is 10.2. The summed E-state index contributed by atoms with van der Waals surface area (Å²) in [5.74, 6) is -0.253. The summed E-state index contributed by atoms with van der Waals surface area (Å²) in [6.45, 7) is 0. The molecule has 2 rings (SSSR count). The highest BCUT2D eigenvalue weighted by Gasteiger charge is 2.33. The fourth-order valence-electron chi connectivity index (χ4n) is 1.50. The van der Waals surface area contributed by atoms with Crippen molar-refractivity contribution in [3.63, 3.8) is 0 Å². The molecule has 0 aliphatic rings. The van der Waals surface area contributed by atoms with Gasteiger partial charge in [0, 0.05) is 11.8 Å². The molecule has 0 saturated carbocycles. The molecule has 1 aromatic heterocycles. The van der Waals surface area contributed by atoms with Crippen LogP contribution in [0.25, 0.3) is 0 Å². The molecule has 0 unspecified atom stereocenters. The van der Waals surface area contributed by atoms with Gasteiger partial charge in [0.1, 0.15) is 17.8 Å². The Hall–Kier alpha value is -2.32. The van der Waals surface area contributed by atoms with Gasteiger partial charge in [-0.1, -0.05) is 6.07 Å². The lowest BCUT2D eigenvalue weighted by molar-refractivity contribution is -0.141. The van der Waals surface area contributed by atoms with E-state index in [0.717, 1.165) is 18.2 Å². The van der Waals surface area contributed by atoms with Crippen LogP contribution in [-0.2, 0) is 12.4 Å².